The molecule has 0 aromatic heterocycles. The lowest BCUT2D eigenvalue weighted by molar-refractivity contribution is 0.724. The van der Waals surface area contributed by atoms with Crippen LogP contribution in [0.2, 0.25) is 0 Å². The average Bonchev–Trinajstić information content (AvgIpc) is 3.31. The number of hydrogen-bond donors (Lipinski definition) is 0. The van der Waals surface area contributed by atoms with Crippen LogP contribution in [0.25, 0.3) is 76.1 Å². The molecular formula is C57H36S. The molecule has 1 heteroatoms. The van der Waals surface area contributed by atoms with Crippen molar-refractivity contribution in [3.63, 3.8) is 0 Å². The van der Waals surface area contributed by atoms with E-state index in [9.17, 15) is 0 Å². The third-order valence-electron chi connectivity index (χ3n) is 12.6. The number of rotatable bonds is 4. The second kappa shape index (κ2) is 13.1. The Hall–Kier alpha value is -6.93. The maximum absolute atomic E-state index is 2.43. The Bertz CT molecular complexity index is 3270. The molecule has 12 rings (SSSR count). The minimum absolute atomic E-state index is 0.685. The zero-order chi connectivity index (χ0) is 38.2. The fraction of sp³-hybridized carbons (Fsp3) is 0.0175. The van der Waals surface area contributed by atoms with E-state index in [4.69, 9.17) is 0 Å². The first-order valence-corrected chi connectivity index (χ1v) is 20.9. The van der Waals surface area contributed by atoms with Crippen LogP contribution in [0.4, 0.5) is 0 Å². The van der Waals surface area contributed by atoms with Gasteiger partial charge in [-0.15, -0.1) is 0 Å². The van der Waals surface area contributed by atoms with E-state index >= 15 is 0 Å². The summed E-state index contributed by atoms with van der Waals surface area (Å²) in [6.07, 6.45) is 0. The SMILES string of the molecule is c1ccc(-c2ccc(C3(c4ccc(-c5cccc6ccccc56)cc4)c4c(c5ccccc5c5ccccc45)Sc4c3c3ccccc3c3ccccc43)cc2)cc1. The topological polar surface area (TPSA) is 0 Å². The summed E-state index contributed by atoms with van der Waals surface area (Å²) < 4.78 is 0. The van der Waals surface area contributed by atoms with Crippen LogP contribution in [0, 0.1) is 0 Å². The number of hydrogen-bond acceptors (Lipinski definition) is 1. The van der Waals surface area contributed by atoms with E-state index in [-0.39, 0.29) is 0 Å². The van der Waals surface area contributed by atoms with Crippen molar-refractivity contribution in [2.24, 2.45) is 0 Å². The summed E-state index contributed by atoms with van der Waals surface area (Å²) in [7, 11) is 0. The van der Waals surface area contributed by atoms with Gasteiger partial charge >= 0.3 is 0 Å². The molecule has 0 fully saturated rings. The maximum atomic E-state index is 2.43. The second-order valence-corrected chi connectivity index (χ2v) is 16.5. The van der Waals surface area contributed by atoms with Crippen molar-refractivity contribution in [1.29, 1.82) is 0 Å². The smallest absolute Gasteiger partial charge is 0.0736 e. The predicted molar refractivity (Wildman–Crippen MR) is 247 cm³/mol. The van der Waals surface area contributed by atoms with E-state index in [0.29, 0.717) is 0 Å². The third-order valence-corrected chi connectivity index (χ3v) is 13.8. The predicted octanol–water partition coefficient (Wildman–Crippen LogP) is 15.6. The van der Waals surface area contributed by atoms with Gasteiger partial charge < -0.3 is 0 Å². The third kappa shape index (κ3) is 4.78. The summed E-state index contributed by atoms with van der Waals surface area (Å²) >= 11 is 1.96. The lowest BCUT2D eigenvalue weighted by atomic mass is 9.62. The Labute approximate surface area is 342 Å². The van der Waals surface area contributed by atoms with Crippen molar-refractivity contribution in [1.82, 2.24) is 0 Å². The summed E-state index contributed by atoms with van der Waals surface area (Å²) in [6, 6.07) is 81.5. The van der Waals surface area contributed by atoms with Crippen LogP contribution in [0.5, 0.6) is 0 Å². The zero-order valence-electron chi connectivity index (χ0n) is 31.7. The van der Waals surface area contributed by atoms with E-state index < -0.39 is 5.41 Å². The molecule has 0 atom stereocenters. The summed E-state index contributed by atoms with van der Waals surface area (Å²) in [5.41, 5.74) is 9.43. The quantitative estimate of drug-likeness (QED) is 0.161. The van der Waals surface area contributed by atoms with Crippen molar-refractivity contribution < 1.29 is 0 Å². The van der Waals surface area contributed by atoms with Gasteiger partial charge in [-0.2, -0.15) is 0 Å². The van der Waals surface area contributed by atoms with Crippen molar-refractivity contribution in [3.8, 4) is 22.3 Å². The van der Waals surface area contributed by atoms with Gasteiger partial charge in [0.05, 0.1) is 5.41 Å². The van der Waals surface area contributed by atoms with Gasteiger partial charge in [0.25, 0.3) is 0 Å². The van der Waals surface area contributed by atoms with Gasteiger partial charge in [-0.1, -0.05) is 230 Å². The first-order valence-electron chi connectivity index (χ1n) is 20.1. The maximum Gasteiger partial charge on any atom is 0.0736 e. The summed E-state index contributed by atoms with van der Waals surface area (Å²) in [5.74, 6) is 0. The van der Waals surface area contributed by atoms with E-state index in [2.05, 4.69) is 218 Å². The normalized spacial score (nSPS) is 13.2. The van der Waals surface area contributed by atoms with Crippen LogP contribution < -0.4 is 0 Å². The van der Waals surface area contributed by atoms with Gasteiger partial charge in [-0.05, 0) is 98.4 Å². The van der Waals surface area contributed by atoms with Crippen molar-refractivity contribution in [2.45, 2.75) is 15.2 Å². The first-order chi connectivity index (χ1) is 28.8. The fourth-order valence-electron chi connectivity index (χ4n) is 10.1. The molecule has 0 saturated heterocycles. The van der Waals surface area contributed by atoms with Crippen LogP contribution >= 0.6 is 11.8 Å². The van der Waals surface area contributed by atoms with E-state index in [1.54, 1.807) is 0 Å². The largest absolute Gasteiger partial charge is 0.0880 e. The molecule has 0 radical (unpaired) electrons. The number of fused-ring (bicyclic) bond motifs is 13. The molecule has 0 unspecified atom stereocenters. The minimum atomic E-state index is -0.685. The molecule has 0 spiro atoms. The summed E-state index contributed by atoms with van der Waals surface area (Å²) in [6.45, 7) is 0. The highest BCUT2D eigenvalue weighted by atomic mass is 32.2. The lowest BCUT2D eigenvalue weighted by Crippen LogP contribution is -2.35. The molecule has 1 aliphatic heterocycles. The van der Waals surface area contributed by atoms with Crippen molar-refractivity contribution in [3.05, 3.63) is 241 Å². The highest BCUT2D eigenvalue weighted by molar-refractivity contribution is 8.00. The van der Waals surface area contributed by atoms with E-state index in [1.807, 2.05) is 11.8 Å². The zero-order valence-corrected chi connectivity index (χ0v) is 32.5. The van der Waals surface area contributed by atoms with Gasteiger partial charge in [0, 0.05) is 9.79 Å². The molecule has 0 N–H and O–H groups in total. The highest BCUT2D eigenvalue weighted by Gasteiger charge is 2.48. The Morgan fingerprint density at radius 2 is 0.638 bits per heavy atom. The van der Waals surface area contributed by atoms with Crippen LogP contribution in [0.3, 0.4) is 0 Å². The Kier molecular flexibility index (Phi) is 7.48. The standard InChI is InChI=1S/C57H36S/c1-2-15-37(16-3-1)38-29-33-41(34-30-38)57(42-35-31-40(32-36-42)44-28-14-18-39-17-4-5-19-43(39)44)53-49-24-10-6-20-45(49)47-22-8-12-26-51(47)55(53)58-56-52-27-13-9-23-48(52)46-21-7-11-25-50(46)54(56)57/h1-36H. The van der Waals surface area contributed by atoms with Crippen molar-refractivity contribution >= 4 is 65.6 Å². The van der Waals surface area contributed by atoms with Crippen LogP contribution in [-0.2, 0) is 5.41 Å². The Morgan fingerprint density at radius 1 is 0.259 bits per heavy atom. The van der Waals surface area contributed by atoms with Crippen LogP contribution in [0.1, 0.15) is 22.3 Å². The Balaban J connectivity index is 1.27. The molecule has 0 bridgehead atoms. The van der Waals surface area contributed by atoms with Crippen LogP contribution in [-0.4, -0.2) is 0 Å². The summed E-state index contributed by atoms with van der Waals surface area (Å²) in [5, 5.41) is 12.8. The van der Waals surface area contributed by atoms with Gasteiger partial charge in [-0.25, -0.2) is 0 Å². The second-order valence-electron chi connectivity index (χ2n) is 15.5. The summed E-state index contributed by atoms with van der Waals surface area (Å²) in [4.78, 5) is 2.65. The average molecular weight is 753 g/mol. The monoisotopic (exact) mass is 752 g/mol. The first kappa shape index (κ1) is 33.2. The molecule has 0 amide bonds. The molecule has 58 heavy (non-hydrogen) atoms. The number of benzene rings is 11. The molecule has 11 aromatic carbocycles. The molecule has 1 heterocycles. The highest BCUT2D eigenvalue weighted by Crippen LogP contribution is 2.62. The van der Waals surface area contributed by atoms with Gasteiger partial charge in [0.2, 0.25) is 0 Å². The Morgan fingerprint density at radius 3 is 1.17 bits per heavy atom. The van der Waals surface area contributed by atoms with Gasteiger partial charge in [-0.3, -0.25) is 0 Å². The molecule has 0 aliphatic carbocycles. The molecular weight excluding hydrogens is 717 g/mol. The lowest BCUT2D eigenvalue weighted by Gasteiger charge is -2.44. The fourth-order valence-corrected chi connectivity index (χ4v) is 11.6. The molecule has 11 aromatic rings. The molecule has 270 valence electrons. The molecule has 0 saturated carbocycles. The molecule has 1 aliphatic rings. The van der Waals surface area contributed by atoms with Gasteiger partial charge in [0.15, 0.2) is 0 Å². The van der Waals surface area contributed by atoms with Crippen LogP contribution in [0.15, 0.2) is 228 Å². The van der Waals surface area contributed by atoms with Crippen molar-refractivity contribution in [2.75, 3.05) is 0 Å². The minimum Gasteiger partial charge on any atom is -0.0880 e. The van der Waals surface area contributed by atoms with Gasteiger partial charge in [0.1, 0.15) is 0 Å². The van der Waals surface area contributed by atoms with E-state index in [1.165, 1.54) is 108 Å². The van der Waals surface area contributed by atoms with E-state index in [0.717, 1.165) is 0 Å². The molecule has 0 nitrogen and oxygen atoms in total.